The zero-order chi connectivity index (χ0) is 12.4. The van der Waals surface area contributed by atoms with Crippen LogP contribution < -0.4 is 5.32 Å². The molecule has 0 saturated heterocycles. The van der Waals surface area contributed by atoms with Gasteiger partial charge in [0.15, 0.2) is 5.78 Å². The highest BCUT2D eigenvalue weighted by Gasteiger charge is 2.32. The van der Waals surface area contributed by atoms with Crippen LogP contribution in [-0.2, 0) is 4.79 Å². The van der Waals surface area contributed by atoms with Gasteiger partial charge in [0.25, 0.3) is 0 Å². The predicted molar refractivity (Wildman–Crippen MR) is 67.1 cm³/mol. The van der Waals surface area contributed by atoms with Crippen LogP contribution in [0.4, 0.5) is 0 Å². The number of amidine groups is 1. The Morgan fingerprint density at radius 2 is 2.18 bits per heavy atom. The maximum Gasteiger partial charge on any atom is 0.170 e. The number of Topliss-reactive ketones (excluding diaryl/α,β-unsaturated/α-hetero) is 1. The van der Waals surface area contributed by atoms with Crippen LogP contribution in [0.1, 0.15) is 33.1 Å². The van der Waals surface area contributed by atoms with E-state index in [2.05, 4.69) is 24.2 Å². The first-order valence-corrected chi connectivity index (χ1v) is 6.33. The van der Waals surface area contributed by atoms with E-state index in [-0.39, 0.29) is 17.5 Å². The number of hydrogen-bond donors (Lipinski definition) is 2. The van der Waals surface area contributed by atoms with Crippen LogP contribution in [0.25, 0.3) is 0 Å². The molecule has 0 saturated carbocycles. The van der Waals surface area contributed by atoms with Gasteiger partial charge in [0.2, 0.25) is 0 Å². The first-order valence-electron chi connectivity index (χ1n) is 6.33. The quantitative estimate of drug-likeness (QED) is 0.769. The fourth-order valence-electron chi connectivity index (χ4n) is 2.36. The summed E-state index contributed by atoms with van der Waals surface area (Å²) in [6, 6.07) is 0. The fourth-order valence-corrected chi connectivity index (χ4v) is 2.36. The highest BCUT2D eigenvalue weighted by molar-refractivity contribution is 6.22. The number of carbonyl (C=O) groups is 1. The van der Waals surface area contributed by atoms with Crippen molar-refractivity contribution in [2.75, 3.05) is 13.1 Å². The van der Waals surface area contributed by atoms with Gasteiger partial charge in [-0.05, 0) is 18.3 Å². The molecule has 2 aliphatic rings. The molecule has 1 atom stereocenters. The number of nitrogens with one attached hydrogen (secondary N) is 1. The van der Waals surface area contributed by atoms with E-state index in [4.69, 9.17) is 0 Å². The van der Waals surface area contributed by atoms with Crippen LogP contribution >= 0.6 is 0 Å². The average Bonchev–Trinajstić information content (AvgIpc) is 2.29. The van der Waals surface area contributed by atoms with Gasteiger partial charge < -0.3 is 10.4 Å². The van der Waals surface area contributed by atoms with Gasteiger partial charge in [0.1, 0.15) is 11.6 Å². The third-order valence-corrected chi connectivity index (χ3v) is 3.55. The molecule has 0 bridgehead atoms. The minimum absolute atomic E-state index is 0.0283. The maximum absolute atomic E-state index is 12.1. The molecule has 0 amide bonds. The molecule has 94 valence electrons. The molecule has 4 nitrogen and oxygen atoms in total. The van der Waals surface area contributed by atoms with Gasteiger partial charge in [-0.15, -0.1) is 0 Å². The molecule has 0 fully saturated rings. The summed E-state index contributed by atoms with van der Waals surface area (Å²) in [4.78, 5) is 16.4. The lowest BCUT2D eigenvalue weighted by molar-refractivity contribution is -0.117. The predicted octanol–water partition coefficient (Wildman–Crippen LogP) is 1.83. The Morgan fingerprint density at radius 1 is 1.41 bits per heavy atom. The summed E-state index contributed by atoms with van der Waals surface area (Å²) in [6.07, 6.45) is 2.11. The lowest BCUT2D eigenvalue weighted by Crippen LogP contribution is -2.37. The second-order valence-corrected chi connectivity index (χ2v) is 5.17. The number of allylic oxidation sites excluding steroid dienone is 1. The maximum atomic E-state index is 12.1. The number of ketones is 1. The summed E-state index contributed by atoms with van der Waals surface area (Å²) in [5, 5.41) is 13.2. The van der Waals surface area contributed by atoms with Crippen molar-refractivity contribution in [3.8, 4) is 0 Å². The number of aliphatic hydroxyl groups is 1. The Kier molecular flexibility index (Phi) is 3.50. The molecule has 1 aliphatic carbocycles. The van der Waals surface area contributed by atoms with Crippen molar-refractivity contribution in [1.82, 2.24) is 5.32 Å². The van der Waals surface area contributed by atoms with Crippen LogP contribution in [0, 0.1) is 11.8 Å². The Balaban J connectivity index is 2.24. The van der Waals surface area contributed by atoms with Crippen molar-refractivity contribution in [2.45, 2.75) is 33.1 Å². The fraction of sp³-hybridized carbons (Fsp3) is 0.692. The van der Waals surface area contributed by atoms with E-state index in [1.807, 2.05) is 0 Å². The standard InChI is InChI=1S/C13H20N2O2/c1-8(2)9-6-10(16)12(11(17)7-9)13-14-4-3-5-15-13/h8-9,16H,3-7H2,1-2H3,(H,14,15). The van der Waals surface area contributed by atoms with Gasteiger partial charge >= 0.3 is 0 Å². The number of carbonyl (C=O) groups excluding carboxylic acids is 1. The Hall–Kier alpha value is -1.32. The average molecular weight is 236 g/mol. The Morgan fingerprint density at radius 3 is 2.71 bits per heavy atom. The highest BCUT2D eigenvalue weighted by Crippen LogP contribution is 2.31. The van der Waals surface area contributed by atoms with Crippen molar-refractivity contribution < 1.29 is 9.90 Å². The molecule has 0 aromatic heterocycles. The minimum Gasteiger partial charge on any atom is -0.511 e. The molecule has 0 radical (unpaired) electrons. The number of nitrogens with zero attached hydrogens (tertiary/aromatic N) is 1. The SMILES string of the molecule is CC(C)C1CC(=O)C(C2=NCCCN2)=C(O)C1. The molecule has 0 spiro atoms. The second kappa shape index (κ2) is 4.90. The summed E-state index contributed by atoms with van der Waals surface area (Å²) in [6.45, 7) is 5.75. The molecular formula is C13H20N2O2. The first-order chi connectivity index (χ1) is 8.09. The molecular weight excluding hydrogens is 216 g/mol. The topological polar surface area (TPSA) is 61.7 Å². The van der Waals surface area contributed by atoms with E-state index in [0.717, 1.165) is 19.5 Å². The van der Waals surface area contributed by atoms with Crippen molar-refractivity contribution in [1.29, 1.82) is 0 Å². The van der Waals surface area contributed by atoms with Crippen molar-refractivity contribution in [3.63, 3.8) is 0 Å². The highest BCUT2D eigenvalue weighted by atomic mass is 16.3. The normalized spacial score (nSPS) is 25.9. The monoisotopic (exact) mass is 236 g/mol. The van der Waals surface area contributed by atoms with Gasteiger partial charge in [-0.25, -0.2) is 0 Å². The first kappa shape index (κ1) is 12.1. The van der Waals surface area contributed by atoms with Crippen LogP contribution in [0.2, 0.25) is 0 Å². The molecule has 0 aromatic carbocycles. The van der Waals surface area contributed by atoms with E-state index in [9.17, 15) is 9.90 Å². The van der Waals surface area contributed by atoms with Gasteiger partial charge in [-0.1, -0.05) is 13.8 Å². The largest absolute Gasteiger partial charge is 0.511 e. The van der Waals surface area contributed by atoms with Crippen LogP contribution in [0.3, 0.4) is 0 Å². The van der Waals surface area contributed by atoms with E-state index >= 15 is 0 Å². The summed E-state index contributed by atoms with van der Waals surface area (Å²) >= 11 is 0. The molecule has 1 heterocycles. The van der Waals surface area contributed by atoms with Gasteiger partial charge in [0.05, 0.1) is 5.57 Å². The van der Waals surface area contributed by atoms with Crippen molar-refractivity contribution in [3.05, 3.63) is 11.3 Å². The molecule has 2 N–H and O–H groups in total. The van der Waals surface area contributed by atoms with Gasteiger partial charge in [0, 0.05) is 25.9 Å². The van der Waals surface area contributed by atoms with E-state index in [1.165, 1.54) is 0 Å². The number of aliphatic hydroxyl groups excluding tert-OH is 1. The Bertz CT molecular complexity index is 383. The molecule has 17 heavy (non-hydrogen) atoms. The number of hydrogen-bond acceptors (Lipinski definition) is 4. The third-order valence-electron chi connectivity index (χ3n) is 3.55. The minimum atomic E-state index is 0.0283. The third kappa shape index (κ3) is 2.51. The zero-order valence-corrected chi connectivity index (χ0v) is 10.5. The molecule has 4 heteroatoms. The summed E-state index contributed by atoms with van der Waals surface area (Å²) in [5.41, 5.74) is 0.432. The zero-order valence-electron chi connectivity index (χ0n) is 10.5. The van der Waals surface area contributed by atoms with Crippen molar-refractivity contribution >= 4 is 11.6 Å². The van der Waals surface area contributed by atoms with Crippen molar-refractivity contribution in [2.24, 2.45) is 16.8 Å². The van der Waals surface area contributed by atoms with Crippen LogP contribution in [0.5, 0.6) is 0 Å². The van der Waals surface area contributed by atoms with Gasteiger partial charge in [-0.2, -0.15) is 0 Å². The smallest absolute Gasteiger partial charge is 0.170 e. The van der Waals surface area contributed by atoms with E-state index in [0.29, 0.717) is 30.2 Å². The molecule has 2 rings (SSSR count). The Labute approximate surface area is 102 Å². The number of aliphatic imine (C=N–C) groups is 1. The van der Waals surface area contributed by atoms with Crippen LogP contribution in [-0.4, -0.2) is 29.8 Å². The van der Waals surface area contributed by atoms with Gasteiger partial charge in [-0.3, -0.25) is 9.79 Å². The second-order valence-electron chi connectivity index (χ2n) is 5.17. The number of rotatable bonds is 2. The lowest BCUT2D eigenvalue weighted by Gasteiger charge is -2.27. The summed E-state index contributed by atoms with van der Waals surface area (Å²) in [5.74, 6) is 1.52. The van der Waals surface area contributed by atoms with Crippen LogP contribution in [0.15, 0.2) is 16.3 Å². The molecule has 1 unspecified atom stereocenters. The molecule has 0 aromatic rings. The van der Waals surface area contributed by atoms with E-state index < -0.39 is 0 Å². The summed E-state index contributed by atoms with van der Waals surface area (Å²) < 4.78 is 0. The van der Waals surface area contributed by atoms with E-state index in [1.54, 1.807) is 0 Å². The lowest BCUT2D eigenvalue weighted by atomic mass is 9.80. The molecule has 1 aliphatic heterocycles. The summed E-state index contributed by atoms with van der Waals surface area (Å²) in [7, 11) is 0.